The van der Waals surface area contributed by atoms with Crippen molar-refractivity contribution in [1.82, 2.24) is 15.4 Å². The molecule has 25 heavy (non-hydrogen) atoms. The highest BCUT2D eigenvalue weighted by Gasteiger charge is 2.26. The van der Waals surface area contributed by atoms with Crippen LogP contribution in [0, 0.1) is 6.92 Å². The fourth-order valence-corrected chi connectivity index (χ4v) is 3.66. The van der Waals surface area contributed by atoms with Gasteiger partial charge in [-0.2, -0.15) is 0 Å². The van der Waals surface area contributed by atoms with E-state index in [1.54, 1.807) is 23.5 Å². The van der Waals surface area contributed by atoms with Gasteiger partial charge < -0.3 is 5.32 Å². The van der Waals surface area contributed by atoms with Crippen LogP contribution in [-0.4, -0.2) is 29.0 Å². The minimum Gasteiger partial charge on any atom is -0.349 e. The molecule has 6 nitrogen and oxygen atoms in total. The molecule has 0 saturated carbocycles. The number of amides is 2. The monoisotopic (exact) mass is 359 g/mol. The summed E-state index contributed by atoms with van der Waals surface area (Å²) < 4.78 is 0. The molecule has 132 valence electrons. The van der Waals surface area contributed by atoms with Crippen molar-refractivity contribution in [3.63, 3.8) is 0 Å². The van der Waals surface area contributed by atoms with E-state index in [4.69, 9.17) is 4.84 Å². The van der Waals surface area contributed by atoms with E-state index in [2.05, 4.69) is 10.3 Å². The molecule has 2 unspecified atom stereocenters. The summed E-state index contributed by atoms with van der Waals surface area (Å²) in [4.78, 5) is 33.9. The Labute approximate surface area is 150 Å². The van der Waals surface area contributed by atoms with Gasteiger partial charge in [0.25, 0.3) is 5.91 Å². The summed E-state index contributed by atoms with van der Waals surface area (Å²) in [6.45, 7) is 3.82. The summed E-state index contributed by atoms with van der Waals surface area (Å²) >= 11 is 1.55. The number of carbonyl (C=O) groups excluding carboxylic acids is 2. The zero-order chi connectivity index (χ0) is 18.0. The molecule has 1 N–H and O–H groups in total. The summed E-state index contributed by atoms with van der Waals surface area (Å²) in [6.07, 6.45) is 1.34. The van der Waals surface area contributed by atoms with E-state index in [0.717, 1.165) is 22.7 Å². The molecule has 1 aliphatic rings. The Kier molecular flexibility index (Phi) is 5.15. The van der Waals surface area contributed by atoms with Gasteiger partial charge >= 0.3 is 0 Å². The van der Waals surface area contributed by atoms with E-state index in [1.807, 2.05) is 31.4 Å². The largest absolute Gasteiger partial charge is 0.349 e. The standard InChI is InChI=1S/C18H21N3O3S/c1-11(16-10-25-12(2)19-16)21(24-3)18(23)14-6-4-13(5-7-14)15-8-9-17(22)20-15/h4-7,10-11,15H,8-9H2,1-3H3,(H,20,22). The number of aromatic nitrogens is 1. The van der Waals surface area contributed by atoms with Crippen molar-refractivity contribution in [1.29, 1.82) is 0 Å². The maximum atomic E-state index is 12.8. The van der Waals surface area contributed by atoms with Gasteiger partial charge in [-0.25, -0.2) is 10.0 Å². The van der Waals surface area contributed by atoms with Gasteiger partial charge in [-0.05, 0) is 38.0 Å². The van der Waals surface area contributed by atoms with Gasteiger partial charge in [0, 0.05) is 17.4 Å². The molecule has 0 spiro atoms. The number of rotatable bonds is 5. The predicted octanol–water partition coefficient (Wildman–Crippen LogP) is 3.17. The number of nitrogens with zero attached hydrogens (tertiary/aromatic N) is 2. The Morgan fingerprint density at radius 2 is 2.12 bits per heavy atom. The van der Waals surface area contributed by atoms with Crippen LogP contribution in [0.2, 0.25) is 0 Å². The van der Waals surface area contributed by atoms with Crippen LogP contribution in [-0.2, 0) is 9.63 Å². The highest BCUT2D eigenvalue weighted by atomic mass is 32.1. The number of nitrogens with one attached hydrogen (secondary N) is 1. The third-order valence-electron chi connectivity index (χ3n) is 4.37. The van der Waals surface area contributed by atoms with Gasteiger partial charge in [-0.3, -0.25) is 14.4 Å². The number of hydroxylamine groups is 2. The summed E-state index contributed by atoms with van der Waals surface area (Å²) in [5.74, 6) is -0.147. The van der Waals surface area contributed by atoms with E-state index in [0.29, 0.717) is 12.0 Å². The predicted molar refractivity (Wildman–Crippen MR) is 95.0 cm³/mol. The van der Waals surface area contributed by atoms with Crippen LogP contribution in [0.3, 0.4) is 0 Å². The Bertz CT molecular complexity index is 772. The van der Waals surface area contributed by atoms with Gasteiger partial charge in [-0.15, -0.1) is 11.3 Å². The highest BCUT2D eigenvalue weighted by molar-refractivity contribution is 7.09. The summed E-state index contributed by atoms with van der Waals surface area (Å²) in [6, 6.07) is 7.06. The third-order valence-corrected chi connectivity index (χ3v) is 5.16. The van der Waals surface area contributed by atoms with E-state index in [9.17, 15) is 9.59 Å². The molecule has 1 aromatic carbocycles. The first-order valence-corrected chi connectivity index (χ1v) is 9.06. The fourth-order valence-electron chi connectivity index (χ4n) is 2.96. The smallest absolute Gasteiger partial charge is 0.278 e. The molecule has 2 aromatic rings. The average molecular weight is 359 g/mol. The van der Waals surface area contributed by atoms with Crippen LogP contribution in [0.5, 0.6) is 0 Å². The minimum atomic E-state index is -0.281. The molecule has 0 bridgehead atoms. The Morgan fingerprint density at radius 3 is 2.64 bits per heavy atom. The number of benzene rings is 1. The van der Waals surface area contributed by atoms with E-state index in [1.165, 1.54) is 12.2 Å². The van der Waals surface area contributed by atoms with Crippen molar-refractivity contribution in [2.75, 3.05) is 7.11 Å². The van der Waals surface area contributed by atoms with Crippen LogP contribution in [0.25, 0.3) is 0 Å². The zero-order valence-corrected chi connectivity index (χ0v) is 15.3. The van der Waals surface area contributed by atoms with Crippen LogP contribution in [0.1, 0.15) is 58.5 Å². The molecule has 2 amide bonds. The summed E-state index contributed by atoms with van der Waals surface area (Å²) in [5, 5.41) is 7.15. The Hall–Kier alpha value is -2.25. The first-order chi connectivity index (χ1) is 12.0. The molecular weight excluding hydrogens is 338 g/mol. The third kappa shape index (κ3) is 3.72. The van der Waals surface area contributed by atoms with Gasteiger partial charge in [0.1, 0.15) is 0 Å². The first-order valence-electron chi connectivity index (χ1n) is 8.18. The number of thiazole rings is 1. The number of aryl methyl sites for hydroxylation is 1. The van der Waals surface area contributed by atoms with Crippen molar-refractivity contribution in [3.8, 4) is 0 Å². The van der Waals surface area contributed by atoms with E-state index in [-0.39, 0.29) is 23.9 Å². The quantitative estimate of drug-likeness (QED) is 0.833. The summed E-state index contributed by atoms with van der Waals surface area (Å²) in [5.41, 5.74) is 2.35. The van der Waals surface area contributed by atoms with Crippen molar-refractivity contribution in [3.05, 3.63) is 51.5 Å². The number of hydrogen-bond donors (Lipinski definition) is 1. The normalized spacial score (nSPS) is 18.0. The molecule has 1 aromatic heterocycles. The maximum absolute atomic E-state index is 12.8. The molecule has 1 saturated heterocycles. The number of hydrogen-bond acceptors (Lipinski definition) is 5. The second-order valence-electron chi connectivity index (χ2n) is 6.06. The second kappa shape index (κ2) is 7.33. The Morgan fingerprint density at radius 1 is 1.40 bits per heavy atom. The van der Waals surface area contributed by atoms with Gasteiger partial charge in [0.15, 0.2) is 0 Å². The molecule has 1 aliphatic heterocycles. The molecule has 2 heterocycles. The lowest BCUT2D eigenvalue weighted by atomic mass is 10.0. The topological polar surface area (TPSA) is 71.5 Å². The first kappa shape index (κ1) is 17.6. The molecule has 3 rings (SSSR count). The van der Waals surface area contributed by atoms with Crippen molar-refractivity contribution < 1.29 is 14.4 Å². The van der Waals surface area contributed by atoms with Crippen LogP contribution < -0.4 is 5.32 Å². The molecule has 2 atom stereocenters. The van der Waals surface area contributed by atoms with E-state index >= 15 is 0 Å². The van der Waals surface area contributed by atoms with Crippen molar-refractivity contribution in [2.24, 2.45) is 0 Å². The van der Waals surface area contributed by atoms with Crippen LogP contribution >= 0.6 is 11.3 Å². The van der Waals surface area contributed by atoms with Crippen LogP contribution in [0.15, 0.2) is 29.6 Å². The molecule has 0 aliphatic carbocycles. The molecule has 7 heteroatoms. The van der Waals surface area contributed by atoms with Crippen molar-refractivity contribution >= 4 is 23.2 Å². The lowest BCUT2D eigenvalue weighted by molar-refractivity contribution is -0.121. The molecule has 1 fully saturated rings. The van der Waals surface area contributed by atoms with Gasteiger partial charge in [-0.1, -0.05) is 12.1 Å². The van der Waals surface area contributed by atoms with E-state index < -0.39 is 0 Å². The number of carbonyl (C=O) groups is 2. The average Bonchev–Trinajstić information content (AvgIpc) is 3.24. The maximum Gasteiger partial charge on any atom is 0.278 e. The van der Waals surface area contributed by atoms with Gasteiger partial charge in [0.2, 0.25) is 5.91 Å². The minimum absolute atomic E-state index is 0.0343. The molecule has 0 radical (unpaired) electrons. The SMILES string of the molecule is CON(C(=O)c1ccc(C2CCC(=O)N2)cc1)C(C)c1csc(C)n1. The lowest BCUT2D eigenvalue weighted by Gasteiger charge is -2.25. The van der Waals surface area contributed by atoms with Crippen LogP contribution in [0.4, 0.5) is 0 Å². The van der Waals surface area contributed by atoms with Gasteiger partial charge in [0.05, 0.1) is 29.9 Å². The Balaban J connectivity index is 1.75. The summed E-state index contributed by atoms with van der Waals surface area (Å²) in [7, 11) is 1.48. The molecular formula is C18H21N3O3S. The zero-order valence-electron chi connectivity index (χ0n) is 14.5. The second-order valence-corrected chi connectivity index (χ2v) is 7.12. The fraction of sp³-hybridized carbons (Fsp3) is 0.389. The van der Waals surface area contributed by atoms with Crippen molar-refractivity contribution in [2.45, 2.75) is 38.8 Å². The lowest BCUT2D eigenvalue weighted by Crippen LogP contribution is -2.32. The highest BCUT2D eigenvalue weighted by Crippen LogP contribution is 2.26.